The van der Waals surface area contributed by atoms with Crippen LogP contribution in [0.4, 0.5) is 4.79 Å². The molecule has 3 unspecified atom stereocenters. The van der Waals surface area contributed by atoms with E-state index in [0.29, 0.717) is 6.54 Å². The number of hydrogen-bond acceptors (Lipinski definition) is 3. The fourth-order valence-corrected chi connectivity index (χ4v) is 2.68. The molecule has 1 aliphatic carbocycles. The van der Waals surface area contributed by atoms with Crippen LogP contribution in [0.2, 0.25) is 0 Å². The van der Waals surface area contributed by atoms with Gasteiger partial charge in [0.15, 0.2) is 0 Å². The Labute approximate surface area is 124 Å². The van der Waals surface area contributed by atoms with Crippen molar-refractivity contribution in [2.45, 2.75) is 57.7 Å². The fourth-order valence-electron chi connectivity index (χ4n) is 2.68. The van der Waals surface area contributed by atoms with Gasteiger partial charge in [-0.05, 0) is 38.5 Å². The summed E-state index contributed by atoms with van der Waals surface area (Å²) in [4.78, 5) is 36.8. The van der Waals surface area contributed by atoms with E-state index in [-0.39, 0.29) is 17.9 Å². The second-order valence-electron chi connectivity index (χ2n) is 6.05. The third-order valence-corrected chi connectivity index (χ3v) is 4.10. The smallest absolute Gasteiger partial charge is 0.326 e. The van der Waals surface area contributed by atoms with Crippen molar-refractivity contribution in [3.63, 3.8) is 0 Å². The highest BCUT2D eigenvalue weighted by Crippen LogP contribution is 2.23. The predicted molar refractivity (Wildman–Crippen MR) is 75.7 cm³/mol. The first kappa shape index (κ1) is 15.6. The van der Waals surface area contributed by atoms with Gasteiger partial charge >= 0.3 is 12.0 Å². The standard InChI is InChI=1S/C14H23N3O4/c1-8-4-3-7-17(11(8)13(19)20)14(21)15-9(2)12(18)16-10-5-6-10/h8-11H,3-7H2,1-2H3,(H,15,21)(H,16,18)(H,19,20). The molecular weight excluding hydrogens is 274 g/mol. The SMILES string of the molecule is CC(NC(=O)N1CCCC(C)C1C(=O)O)C(=O)NC1CC1. The molecule has 3 atom stereocenters. The topological polar surface area (TPSA) is 98.7 Å². The summed E-state index contributed by atoms with van der Waals surface area (Å²) in [5.74, 6) is -1.30. The average molecular weight is 297 g/mol. The van der Waals surface area contributed by atoms with Crippen molar-refractivity contribution in [3.8, 4) is 0 Å². The minimum Gasteiger partial charge on any atom is -0.480 e. The second-order valence-corrected chi connectivity index (χ2v) is 6.05. The largest absolute Gasteiger partial charge is 0.480 e. The quantitative estimate of drug-likeness (QED) is 0.705. The van der Waals surface area contributed by atoms with Gasteiger partial charge in [-0.2, -0.15) is 0 Å². The second kappa shape index (κ2) is 6.32. The molecule has 1 saturated heterocycles. The van der Waals surface area contributed by atoms with Gasteiger partial charge in [0, 0.05) is 12.6 Å². The van der Waals surface area contributed by atoms with Crippen LogP contribution in [-0.2, 0) is 9.59 Å². The first-order chi connectivity index (χ1) is 9.90. The van der Waals surface area contributed by atoms with E-state index in [9.17, 15) is 19.5 Å². The van der Waals surface area contributed by atoms with E-state index in [1.807, 2.05) is 6.92 Å². The number of carboxylic acid groups (broad SMARTS) is 1. The molecule has 0 radical (unpaired) electrons. The predicted octanol–water partition coefficient (Wildman–Crippen LogP) is 0.548. The van der Waals surface area contributed by atoms with E-state index >= 15 is 0 Å². The highest BCUT2D eigenvalue weighted by molar-refractivity contribution is 5.89. The Hall–Kier alpha value is -1.79. The summed E-state index contributed by atoms with van der Waals surface area (Å²) >= 11 is 0. The Balaban J connectivity index is 1.93. The number of urea groups is 1. The number of carbonyl (C=O) groups excluding carboxylic acids is 2. The lowest BCUT2D eigenvalue weighted by atomic mass is 9.91. The number of likely N-dealkylation sites (tertiary alicyclic amines) is 1. The van der Waals surface area contributed by atoms with Crippen molar-refractivity contribution >= 4 is 17.9 Å². The van der Waals surface area contributed by atoms with Gasteiger partial charge < -0.3 is 20.6 Å². The van der Waals surface area contributed by atoms with Gasteiger partial charge in [0.1, 0.15) is 12.1 Å². The average Bonchev–Trinajstić information content (AvgIpc) is 3.21. The highest BCUT2D eigenvalue weighted by Gasteiger charge is 2.38. The van der Waals surface area contributed by atoms with Gasteiger partial charge in [-0.25, -0.2) is 9.59 Å². The Morgan fingerprint density at radius 2 is 1.90 bits per heavy atom. The molecule has 7 nitrogen and oxygen atoms in total. The van der Waals surface area contributed by atoms with Crippen molar-refractivity contribution < 1.29 is 19.5 Å². The van der Waals surface area contributed by atoms with Crippen LogP contribution in [0.5, 0.6) is 0 Å². The number of aliphatic carboxylic acids is 1. The Bertz CT molecular complexity index is 436. The van der Waals surface area contributed by atoms with E-state index in [1.165, 1.54) is 4.90 Å². The molecule has 1 saturated carbocycles. The van der Waals surface area contributed by atoms with Crippen molar-refractivity contribution in [1.82, 2.24) is 15.5 Å². The minimum atomic E-state index is -0.993. The number of piperidine rings is 1. The summed E-state index contributed by atoms with van der Waals surface area (Å²) in [6, 6.07) is -1.73. The number of nitrogens with one attached hydrogen (secondary N) is 2. The summed E-state index contributed by atoms with van der Waals surface area (Å²) < 4.78 is 0. The Morgan fingerprint density at radius 1 is 1.24 bits per heavy atom. The van der Waals surface area contributed by atoms with Gasteiger partial charge in [-0.15, -0.1) is 0 Å². The minimum absolute atomic E-state index is 0.0856. The molecule has 118 valence electrons. The lowest BCUT2D eigenvalue weighted by molar-refractivity contribution is -0.145. The normalized spacial score (nSPS) is 26.9. The van der Waals surface area contributed by atoms with Crippen molar-refractivity contribution in [2.24, 2.45) is 5.92 Å². The first-order valence-electron chi connectivity index (χ1n) is 7.50. The lowest BCUT2D eigenvalue weighted by Gasteiger charge is -2.37. The van der Waals surface area contributed by atoms with Crippen LogP contribution in [0.1, 0.15) is 39.5 Å². The van der Waals surface area contributed by atoms with E-state index < -0.39 is 24.1 Å². The fraction of sp³-hybridized carbons (Fsp3) is 0.786. The third kappa shape index (κ3) is 3.86. The molecule has 3 amide bonds. The van der Waals surface area contributed by atoms with Crippen LogP contribution >= 0.6 is 0 Å². The van der Waals surface area contributed by atoms with Crippen LogP contribution in [0.25, 0.3) is 0 Å². The first-order valence-corrected chi connectivity index (χ1v) is 7.50. The number of rotatable bonds is 4. The maximum Gasteiger partial charge on any atom is 0.326 e. The molecule has 2 aliphatic rings. The molecule has 3 N–H and O–H groups in total. The summed E-state index contributed by atoms with van der Waals surface area (Å²) in [7, 11) is 0. The molecular formula is C14H23N3O4. The van der Waals surface area contributed by atoms with E-state index in [4.69, 9.17) is 0 Å². The molecule has 0 spiro atoms. The maximum atomic E-state index is 12.2. The highest BCUT2D eigenvalue weighted by atomic mass is 16.4. The van der Waals surface area contributed by atoms with Crippen LogP contribution in [-0.4, -0.2) is 52.6 Å². The molecule has 2 fully saturated rings. The maximum absolute atomic E-state index is 12.2. The monoisotopic (exact) mass is 297 g/mol. The molecule has 0 aromatic rings. The van der Waals surface area contributed by atoms with Crippen molar-refractivity contribution in [3.05, 3.63) is 0 Å². The molecule has 0 bridgehead atoms. The zero-order valence-electron chi connectivity index (χ0n) is 12.5. The van der Waals surface area contributed by atoms with Gasteiger partial charge in [0.25, 0.3) is 0 Å². The third-order valence-electron chi connectivity index (χ3n) is 4.10. The van der Waals surface area contributed by atoms with Gasteiger partial charge in [-0.3, -0.25) is 4.79 Å². The zero-order chi connectivity index (χ0) is 15.6. The van der Waals surface area contributed by atoms with Crippen molar-refractivity contribution in [2.75, 3.05) is 6.54 Å². The van der Waals surface area contributed by atoms with E-state index in [0.717, 1.165) is 25.7 Å². The van der Waals surface area contributed by atoms with E-state index in [1.54, 1.807) is 6.92 Å². The van der Waals surface area contributed by atoms with Gasteiger partial charge in [0.05, 0.1) is 0 Å². The van der Waals surface area contributed by atoms with Gasteiger partial charge in [0.2, 0.25) is 5.91 Å². The summed E-state index contributed by atoms with van der Waals surface area (Å²) in [6.45, 7) is 3.85. The molecule has 0 aromatic carbocycles. The number of nitrogens with zero attached hydrogens (tertiary/aromatic N) is 1. The number of carbonyl (C=O) groups is 3. The molecule has 1 aliphatic heterocycles. The molecule has 1 heterocycles. The molecule has 7 heteroatoms. The zero-order valence-corrected chi connectivity index (χ0v) is 12.5. The lowest BCUT2D eigenvalue weighted by Crippen LogP contribution is -2.58. The van der Waals surface area contributed by atoms with Crippen LogP contribution in [0.3, 0.4) is 0 Å². The summed E-state index contributed by atoms with van der Waals surface area (Å²) in [5.41, 5.74) is 0. The van der Waals surface area contributed by atoms with Crippen LogP contribution < -0.4 is 10.6 Å². The summed E-state index contributed by atoms with van der Waals surface area (Å²) in [6.07, 6.45) is 3.54. The van der Waals surface area contributed by atoms with Crippen LogP contribution in [0, 0.1) is 5.92 Å². The number of amides is 3. The molecule has 21 heavy (non-hydrogen) atoms. The van der Waals surface area contributed by atoms with Crippen molar-refractivity contribution in [1.29, 1.82) is 0 Å². The molecule has 2 rings (SSSR count). The Kier molecular flexibility index (Phi) is 4.69. The van der Waals surface area contributed by atoms with E-state index in [2.05, 4.69) is 10.6 Å². The molecule has 0 aromatic heterocycles. The number of carboxylic acids is 1. The summed E-state index contributed by atoms with van der Waals surface area (Å²) in [5, 5.41) is 14.7. The van der Waals surface area contributed by atoms with Gasteiger partial charge in [-0.1, -0.05) is 6.92 Å². The Morgan fingerprint density at radius 3 is 2.48 bits per heavy atom. The van der Waals surface area contributed by atoms with Crippen LogP contribution in [0.15, 0.2) is 0 Å². The number of hydrogen-bond donors (Lipinski definition) is 3.